The van der Waals surface area contributed by atoms with E-state index < -0.39 is 6.10 Å². The fourth-order valence-corrected chi connectivity index (χ4v) is 4.82. The van der Waals surface area contributed by atoms with Gasteiger partial charge in [-0.15, -0.1) is 11.3 Å². The molecule has 4 heterocycles. The molecule has 7 heteroatoms. The Morgan fingerprint density at radius 3 is 2.74 bits per heavy atom. The van der Waals surface area contributed by atoms with Gasteiger partial charge in [0, 0.05) is 30.7 Å². The lowest BCUT2D eigenvalue weighted by Gasteiger charge is -2.34. The van der Waals surface area contributed by atoms with E-state index in [1.54, 1.807) is 16.0 Å². The number of thiophene rings is 1. The third kappa shape index (κ3) is 3.26. The molecule has 3 aromatic rings. The van der Waals surface area contributed by atoms with Gasteiger partial charge in [0.2, 0.25) is 0 Å². The summed E-state index contributed by atoms with van der Waals surface area (Å²) in [6.45, 7) is 5.14. The molecule has 0 spiro atoms. The highest BCUT2D eigenvalue weighted by Gasteiger charge is 2.30. The zero-order valence-electron chi connectivity index (χ0n) is 15.8. The molecule has 27 heavy (non-hydrogen) atoms. The highest BCUT2D eigenvalue weighted by atomic mass is 32.1. The summed E-state index contributed by atoms with van der Waals surface area (Å²) in [6, 6.07) is 5.82. The summed E-state index contributed by atoms with van der Waals surface area (Å²) < 4.78 is 1.73. The molecular weight excluding hydrogens is 360 g/mol. The van der Waals surface area contributed by atoms with E-state index in [1.807, 2.05) is 49.4 Å². The zero-order valence-corrected chi connectivity index (χ0v) is 16.7. The van der Waals surface area contributed by atoms with E-state index in [0.717, 1.165) is 40.1 Å². The van der Waals surface area contributed by atoms with Crippen LogP contribution in [-0.4, -0.2) is 43.8 Å². The van der Waals surface area contributed by atoms with E-state index >= 15 is 0 Å². The normalized spacial score (nSPS) is 16.8. The van der Waals surface area contributed by atoms with Crippen molar-refractivity contribution in [2.75, 3.05) is 13.1 Å². The summed E-state index contributed by atoms with van der Waals surface area (Å²) in [5.74, 6) is 0.234. The van der Waals surface area contributed by atoms with Crippen molar-refractivity contribution in [3.63, 3.8) is 0 Å². The van der Waals surface area contributed by atoms with Crippen molar-refractivity contribution in [1.29, 1.82) is 0 Å². The average Bonchev–Trinajstić information content (AvgIpc) is 3.29. The minimum absolute atomic E-state index is 0.0330. The number of piperidine rings is 1. The maximum atomic E-state index is 13.2. The van der Waals surface area contributed by atoms with Crippen molar-refractivity contribution in [3.05, 3.63) is 45.4 Å². The molecule has 4 rings (SSSR count). The summed E-state index contributed by atoms with van der Waals surface area (Å²) in [5, 5.41) is 17.8. The molecule has 1 aliphatic heterocycles. The number of aliphatic hydroxyl groups excluding tert-OH is 1. The predicted octanol–water partition coefficient (Wildman–Crippen LogP) is 3.23. The molecule has 1 N–H and O–H groups in total. The van der Waals surface area contributed by atoms with Gasteiger partial charge < -0.3 is 10.0 Å². The van der Waals surface area contributed by atoms with Gasteiger partial charge in [-0.25, -0.2) is 4.98 Å². The number of fused-ring (bicyclic) bond motifs is 1. The Kier molecular flexibility index (Phi) is 4.74. The number of amides is 1. The molecule has 0 radical (unpaired) electrons. The lowest BCUT2D eigenvalue weighted by molar-refractivity contribution is 0.0475. The molecule has 1 fully saturated rings. The molecule has 1 saturated heterocycles. The van der Waals surface area contributed by atoms with Gasteiger partial charge in [-0.2, -0.15) is 5.10 Å². The van der Waals surface area contributed by atoms with Crippen LogP contribution < -0.4 is 0 Å². The Balaban J connectivity index is 1.54. The number of hydrogen-bond donors (Lipinski definition) is 1. The topological polar surface area (TPSA) is 71.2 Å². The molecule has 0 aliphatic carbocycles. The summed E-state index contributed by atoms with van der Waals surface area (Å²) >= 11 is 1.59. The Bertz CT molecular complexity index is 972. The van der Waals surface area contributed by atoms with Crippen LogP contribution in [-0.2, 0) is 7.05 Å². The number of likely N-dealkylation sites (tertiary alicyclic amines) is 1. The first kappa shape index (κ1) is 18.1. The maximum absolute atomic E-state index is 13.2. The van der Waals surface area contributed by atoms with Crippen molar-refractivity contribution in [3.8, 4) is 0 Å². The van der Waals surface area contributed by atoms with E-state index in [4.69, 9.17) is 0 Å². The number of carbonyl (C=O) groups excluding carboxylic acids is 1. The predicted molar refractivity (Wildman–Crippen MR) is 106 cm³/mol. The molecule has 3 aromatic heterocycles. The highest BCUT2D eigenvalue weighted by Crippen LogP contribution is 2.33. The standard InChI is InChI=1S/C20H24N4O2S/c1-12-11-15(17-13(2)22-23(3)19(17)21-12)20(26)24-8-6-14(7-9-24)18(25)16-5-4-10-27-16/h4-5,10-11,14,18,25H,6-9H2,1-3H3/t18-/m1/s1. The average molecular weight is 385 g/mol. The maximum Gasteiger partial charge on any atom is 0.254 e. The Morgan fingerprint density at radius 2 is 2.07 bits per heavy atom. The third-order valence-corrected chi connectivity index (χ3v) is 6.38. The van der Waals surface area contributed by atoms with Gasteiger partial charge in [0.1, 0.15) is 0 Å². The van der Waals surface area contributed by atoms with Crippen LogP contribution in [0.3, 0.4) is 0 Å². The lowest BCUT2D eigenvalue weighted by atomic mass is 9.90. The number of pyridine rings is 1. The van der Waals surface area contributed by atoms with Crippen molar-refractivity contribution >= 4 is 28.3 Å². The summed E-state index contributed by atoms with van der Waals surface area (Å²) in [7, 11) is 1.85. The Labute approximate surface area is 162 Å². The molecule has 0 saturated carbocycles. The van der Waals surface area contributed by atoms with Gasteiger partial charge in [-0.1, -0.05) is 6.07 Å². The molecule has 0 bridgehead atoms. The van der Waals surface area contributed by atoms with E-state index in [0.29, 0.717) is 18.7 Å². The summed E-state index contributed by atoms with van der Waals surface area (Å²) in [5.41, 5.74) is 3.07. The smallest absolute Gasteiger partial charge is 0.254 e. The van der Waals surface area contributed by atoms with Crippen molar-refractivity contribution in [2.45, 2.75) is 32.8 Å². The van der Waals surface area contributed by atoms with E-state index in [2.05, 4.69) is 10.1 Å². The van der Waals surface area contributed by atoms with Crippen LogP contribution in [0.5, 0.6) is 0 Å². The number of nitrogens with zero attached hydrogens (tertiary/aromatic N) is 4. The summed E-state index contributed by atoms with van der Waals surface area (Å²) in [4.78, 5) is 20.7. The van der Waals surface area contributed by atoms with Crippen molar-refractivity contribution in [2.24, 2.45) is 13.0 Å². The van der Waals surface area contributed by atoms with Crippen LogP contribution in [0.4, 0.5) is 0 Å². The molecule has 0 aromatic carbocycles. The second kappa shape index (κ2) is 7.05. The number of rotatable bonds is 3. The quantitative estimate of drug-likeness (QED) is 0.753. The lowest BCUT2D eigenvalue weighted by Crippen LogP contribution is -2.39. The molecule has 1 aliphatic rings. The molecule has 0 unspecified atom stereocenters. The summed E-state index contributed by atoms with van der Waals surface area (Å²) in [6.07, 6.45) is 1.19. The number of carbonyl (C=O) groups is 1. The molecular formula is C20H24N4O2S. The zero-order chi connectivity index (χ0) is 19.1. The minimum atomic E-state index is -0.433. The Morgan fingerprint density at radius 1 is 1.33 bits per heavy atom. The molecule has 1 amide bonds. The largest absolute Gasteiger partial charge is 0.387 e. The van der Waals surface area contributed by atoms with E-state index in [9.17, 15) is 9.90 Å². The second-order valence-electron chi connectivity index (χ2n) is 7.31. The fraction of sp³-hybridized carbons (Fsp3) is 0.450. The van der Waals surface area contributed by atoms with Crippen molar-refractivity contribution < 1.29 is 9.90 Å². The molecule has 142 valence electrons. The van der Waals surface area contributed by atoms with Crippen molar-refractivity contribution in [1.82, 2.24) is 19.7 Å². The number of aryl methyl sites for hydroxylation is 3. The van der Waals surface area contributed by atoms with Crippen LogP contribution in [0, 0.1) is 19.8 Å². The number of aliphatic hydroxyl groups is 1. The Hall–Kier alpha value is -2.25. The first-order valence-electron chi connectivity index (χ1n) is 9.27. The van der Waals surface area contributed by atoms with Crippen LogP contribution in [0.1, 0.15) is 45.6 Å². The van der Waals surface area contributed by atoms with Gasteiger partial charge in [0.05, 0.1) is 22.7 Å². The molecule has 6 nitrogen and oxygen atoms in total. The van der Waals surface area contributed by atoms with Gasteiger partial charge in [-0.05, 0) is 50.1 Å². The monoisotopic (exact) mass is 384 g/mol. The fourth-order valence-electron chi connectivity index (χ4n) is 4.02. The third-order valence-electron chi connectivity index (χ3n) is 5.44. The first-order valence-corrected chi connectivity index (χ1v) is 10.2. The minimum Gasteiger partial charge on any atom is -0.387 e. The van der Waals surface area contributed by atoms with Crippen LogP contribution in [0.2, 0.25) is 0 Å². The van der Waals surface area contributed by atoms with Crippen LogP contribution in [0.25, 0.3) is 11.0 Å². The van der Waals surface area contributed by atoms with Gasteiger partial charge >= 0.3 is 0 Å². The molecule has 1 atom stereocenters. The highest BCUT2D eigenvalue weighted by molar-refractivity contribution is 7.10. The first-order chi connectivity index (χ1) is 13.0. The second-order valence-corrected chi connectivity index (χ2v) is 8.29. The van der Waals surface area contributed by atoms with Gasteiger partial charge in [-0.3, -0.25) is 9.48 Å². The SMILES string of the molecule is Cc1cc(C(=O)N2CCC([C@@H](O)c3cccs3)CC2)c2c(C)nn(C)c2n1. The number of aromatic nitrogens is 3. The van der Waals surface area contributed by atoms with Gasteiger partial charge in [0.25, 0.3) is 5.91 Å². The van der Waals surface area contributed by atoms with E-state index in [1.165, 1.54) is 0 Å². The van der Waals surface area contributed by atoms with Gasteiger partial charge in [0.15, 0.2) is 5.65 Å². The van der Waals surface area contributed by atoms with Crippen LogP contribution >= 0.6 is 11.3 Å². The van der Waals surface area contributed by atoms with Crippen LogP contribution in [0.15, 0.2) is 23.6 Å². The van der Waals surface area contributed by atoms with E-state index in [-0.39, 0.29) is 11.8 Å². The number of hydrogen-bond acceptors (Lipinski definition) is 5.